The lowest BCUT2D eigenvalue weighted by Gasteiger charge is -2.23. The summed E-state index contributed by atoms with van der Waals surface area (Å²) in [5, 5.41) is 11.1. The number of carboxylic acids is 1. The molecule has 0 fully saturated rings. The standard InChI is InChI=1S/C30H43N4O2/c1-33(2,3)18-10-14-24-20-26(16-17-30(35)36)31-28(24)22-29-25(15-11-19-34(4,5)6)21-27(32-29)23-12-8-7-9-13-23/h7-9,12-13,16,20-22,31-32H,10-11,14-15,17-19H2,1-6H3/q+1/p+1. The van der Waals surface area contributed by atoms with Gasteiger partial charge in [-0.15, -0.1) is 0 Å². The molecule has 0 amide bonds. The van der Waals surface area contributed by atoms with Gasteiger partial charge in [0.25, 0.3) is 0 Å². The van der Waals surface area contributed by atoms with Crippen molar-refractivity contribution in [2.24, 2.45) is 0 Å². The number of aliphatic carboxylic acids is 1. The highest BCUT2D eigenvalue weighted by Crippen LogP contribution is 2.23. The molecule has 0 aliphatic carbocycles. The van der Waals surface area contributed by atoms with Gasteiger partial charge in [0.1, 0.15) is 0 Å². The van der Waals surface area contributed by atoms with Crippen molar-refractivity contribution >= 4 is 18.1 Å². The van der Waals surface area contributed by atoms with E-state index >= 15 is 0 Å². The first-order chi connectivity index (χ1) is 16.9. The minimum Gasteiger partial charge on any atom is -0.481 e. The second-order valence-corrected chi connectivity index (χ2v) is 11.8. The maximum atomic E-state index is 11.1. The molecular formula is C30H44N4O2+2. The number of aryl methyl sites for hydroxylation is 2. The van der Waals surface area contributed by atoms with Gasteiger partial charge < -0.3 is 24.0 Å². The summed E-state index contributed by atoms with van der Waals surface area (Å²) in [6.45, 7) is 2.19. The summed E-state index contributed by atoms with van der Waals surface area (Å²) in [5.41, 5.74) is 5.96. The summed E-state index contributed by atoms with van der Waals surface area (Å²) < 4.78 is 1.87. The van der Waals surface area contributed by atoms with Crippen molar-refractivity contribution in [2.75, 3.05) is 55.4 Å². The third-order valence-electron chi connectivity index (χ3n) is 6.31. The van der Waals surface area contributed by atoms with Gasteiger partial charge in [-0.25, -0.2) is 0 Å². The summed E-state index contributed by atoms with van der Waals surface area (Å²) in [4.78, 5) is 18.3. The van der Waals surface area contributed by atoms with E-state index < -0.39 is 5.97 Å². The van der Waals surface area contributed by atoms with Crippen LogP contribution in [-0.4, -0.2) is 85.4 Å². The van der Waals surface area contributed by atoms with Gasteiger partial charge in [0, 0.05) is 34.9 Å². The zero-order chi connectivity index (χ0) is 26.3. The van der Waals surface area contributed by atoms with Gasteiger partial charge >= 0.3 is 5.97 Å². The molecule has 2 heterocycles. The van der Waals surface area contributed by atoms with E-state index in [2.05, 4.69) is 94.7 Å². The molecule has 194 valence electrons. The Kier molecular flexibility index (Phi) is 8.98. The van der Waals surface area contributed by atoms with E-state index in [4.69, 9.17) is 5.11 Å². The lowest BCUT2D eigenvalue weighted by molar-refractivity contribution is -0.870. The number of nitrogens with zero attached hydrogens (tertiary/aromatic N) is 2. The maximum absolute atomic E-state index is 11.1. The van der Waals surface area contributed by atoms with Crippen LogP contribution in [0.15, 0.2) is 42.5 Å². The smallest absolute Gasteiger partial charge is 0.307 e. The number of hydrogen-bond acceptors (Lipinski definition) is 1. The Labute approximate surface area is 215 Å². The molecule has 1 aromatic carbocycles. The van der Waals surface area contributed by atoms with E-state index in [9.17, 15) is 4.79 Å². The Hall–Kier alpha value is -3.09. The van der Waals surface area contributed by atoms with Gasteiger partial charge in [0.15, 0.2) is 0 Å². The normalized spacial score (nSPS) is 13.5. The summed E-state index contributed by atoms with van der Waals surface area (Å²) >= 11 is 0. The Morgan fingerprint density at radius 1 is 0.861 bits per heavy atom. The molecule has 0 atom stereocenters. The van der Waals surface area contributed by atoms with E-state index in [0.717, 1.165) is 69.8 Å². The quantitative estimate of drug-likeness (QED) is 0.339. The number of H-pyrrole nitrogens is 2. The number of carboxylic acid groups (broad SMARTS) is 1. The number of quaternary nitrogens is 2. The molecule has 3 N–H and O–H groups in total. The topological polar surface area (TPSA) is 68.9 Å². The Bertz CT molecular complexity index is 1250. The van der Waals surface area contributed by atoms with Gasteiger partial charge in [-0.1, -0.05) is 30.3 Å². The van der Waals surface area contributed by atoms with Crippen LogP contribution in [0, 0.1) is 0 Å². The molecule has 6 nitrogen and oxygen atoms in total. The molecule has 3 aromatic rings. The molecular weight excluding hydrogens is 448 g/mol. The van der Waals surface area contributed by atoms with Gasteiger partial charge in [-0.05, 0) is 53.8 Å². The Morgan fingerprint density at radius 2 is 1.47 bits per heavy atom. The zero-order valence-corrected chi connectivity index (χ0v) is 22.9. The Balaban J connectivity index is 2.01. The van der Waals surface area contributed by atoms with Crippen molar-refractivity contribution in [3.8, 4) is 11.3 Å². The van der Waals surface area contributed by atoms with E-state index in [-0.39, 0.29) is 6.42 Å². The first-order valence-corrected chi connectivity index (χ1v) is 12.9. The molecule has 0 saturated heterocycles. The van der Waals surface area contributed by atoms with Gasteiger partial charge in [0.05, 0.1) is 61.8 Å². The second kappa shape index (κ2) is 11.8. The largest absolute Gasteiger partial charge is 0.481 e. The summed E-state index contributed by atoms with van der Waals surface area (Å²) in [6.07, 6.45) is 8.10. The highest BCUT2D eigenvalue weighted by molar-refractivity contribution is 5.73. The molecule has 0 saturated carbocycles. The van der Waals surface area contributed by atoms with Crippen molar-refractivity contribution in [3.63, 3.8) is 0 Å². The van der Waals surface area contributed by atoms with Crippen LogP contribution in [-0.2, 0) is 17.6 Å². The Morgan fingerprint density at radius 3 is 2.06 bits per heavy atom. The lowest BCUT2D eigenvalue weighted by atomic mass is 10.1. The number of aromatic nitrogens is 2. The van der Waals surface area contributed by atoms with Crippen LogP contribution in [0.25, 0.3) is 23.4 Å². The first-order valence-electron chi connectivity index (χ1n) is 12.9. The van der Waals surface area contributed by atoms with Gasteiger partial charge in [-0.2, -0.15) is 0 Å². The zero-order valence-electron chi connectivity index (χ0n) is 22.9. The molecule has 0 aliphatic rings. The molecule has 0 unspecified atom stereocenters. The summed E-state index contributed by atoms with van der Waals surface area (Å²) in [6, 6.07) is 14.8. The third-order valence-corrected chi connectivity index (χ3v) is 6.31. The average molecular weight is 493 g/mol. The molecule has 0 aliphatic heterocycles. The number of benzene rings is 1. The maximum Gasteiger partial charge on any atom is 0.307 e. The van der Waals surface area contributed by atoms with Crippen LogP contribution in [0.5, 0.6) is 0 Å². The average Bonchev–Trinajstić information content (AvgIpc) is 3.35. The van der Waals surface area contributed by atoms with Crippen molar-refractivity contribution in [3.05, 3.63) is 70.0 Å². The number of hydrogen-bond donors (Lipinski definition) is 3. The van der Waals surface area contributed by atoms with Crippen LogP contribution >= 0.6 is 0 Å². The van der Waals surface area contributed by atoms with Crippen molar-refractivity contribution in [2.45, 2.75) is 32.1 Å². The van der Waals surface area contributed by atoms with Crippen molar-refractivity contribution in [1.82, 2.24) is 9.97 Å². The van der Waals surface area contributed by atoms with E-state index in [1.165, 1.54) is 16.7 Å². The minimum atomic E-state index is -0.821. The number of nitrogens with one attached hydrogen (secondary N) is 2. The van der Waals surface area contributed by atoms with E-state index in [1.807, 2.05) is 6.07 Å². The summed E-state index contributed by atoms with van der Waals surface area (Å²) in [5.74, 6) is -0.821. The van der Waals surface area contributed by atoms with Crippen molar-refractivity contribution in [1.29, 1.82) is 0 Å². The predicted octanol–water partition coefficient (Wildman–Crippen LogP) is 3.37. The fraction of sp³-hybridized carbons (Fsp3) is 0.433. The molecule has 0 bridgehead atoms. The van der Waals surface area contributed by atoms with Crippen LogP contribution in [0.2, 0.25) is 0 Å². The van der Waals surface area contributed by atoms with Crippen LogP contribution in [0.3, 0.4) is 0 Å². The van der Waals surface area contributed by atoms with Crippen molar-refractivity contribution < 1.29 is 18.9 Å². The third kappa shape index (κ3) is 8.85. The predicted molar refractivity (Wildman–Crippen MR) is 149 cm³/mol. The number of rotatable bonds is 12. The molecule has 0 radical (unpaired) electrons. The fourth-order valence-corrected chi connectivity index (χ4v) is 4.43. The molecule has 6 heteroatoms. The van der Waals surface area contributed by atoms with E-state index in [0.29, 0.717) is 0 Å². The number of carbonyl (C=O) groups is 1. The second-order valence-electron chi connectivity index (χ2n) is 11.8. The van der Waals surface area contributed by atoms with Crippen LogP contribution in [0.1, 0.15) is 36.1 Å². The molecule has 0 spiro atoms. The van der Waals surface area contributed by atoms with Crippen LogP contribution in [0.4, 0.5) is 0 Å². The van der Waals surface area contributed by atoms with E-state index in [1.54, 1.807) is 6.08 Å². The number of aromatic amines is 2. The molecule has 2 aromatic heterocycles. The summed E-state index contributed by atoms with van der Waals surface area (Å²) in [7, 11) is 13.3. The SMILES string of the molecule is C[N+](C)(C)CCCc1cc(-c2ccccc2)[nH]c1C=c1[nH]c(=CCC(=O)O)cc1CCC[N+](C)(C)C. The van der Waals surface area contributed by atoms with Gasteiger partial charge in [0.2, 0.25) is 0 Å². The lowest BCUT2D eigenvalue weighted by Crippen LogP contribution is -2.35. The highest BCUT2D eigenvalue weighted by Gasteiger charge is 2.13. The first kappa shape index (κ1) is 27.5. The minimum absolute atomic E-state index is 0.00916. The fourth-order valence-electron chi connectivity index (χ4n) is 4.43. The highest BCUT2D eigenvalue weighted by atomic mass is 16.4. The monoisotopic (exact) mass is 492 g/mol. The van der Waals surface area contributed by atoms with Gasteiger partial charge in [-0.3, -0.25) is 4.79 Å². The van der Waals surface area contributed by atoms with Crippen LogP contribution < -0.4 is 10.7 Å². The molecule has 3 rings (SSSR count). The molecule has 36 heavy (non-hydrogen) atoms.